The Kier molecular flexibility index (Phi) is 4.01. The maximum atomic E-state index is 12.0. The van der Waals surface area contributed by atoms with Crippen LogP contribution in [0.3, 0.4) is 0 Å². The van der Waals surface area contributed by atoms with Crippen LogP contribution in [0.15, 0.2) is 48.5 Å². The molecule has 0 saturated heterocycles. The van der Waals surface area contributed by atoms with E-state index in [4.69, 9.17) is 5.73 Å². The van der Waals surface area contributed by atoms with Crippen LogP contribution >= 0.6 is 0 Å². The number of anilines is 2. The topological polar surface area (TPSA) is 98.7 Å². The molecule has 0 bridgehead atoms. The molecule has 0 saturated carbocycles. The molecule has 3 N–H and O–H groups in total. The summed E-state index contributed by atoms with van der Waals surface area (Å²) in [6.07, 6.45) is 0. The number of nitrogen functional groups attached to an aromatic ring is 1. The summed E-state index contributed by atoms with van der Waals surface area (Å²) in [5.41, 5.74) is 8.97. The zero-order valence-electron chi connectivity index (χ0n) is 12.6. The molecule has 0 radical (unpaired) electrons. The number of tetrazole rings is 1. The summed E-state index contributed by atoms with van der Waals surface area (Å²) in [5.74, 6) is 0.239. The molecule has 116 valence electrons. The average Bonchev–Trinajstić information content (AvgIpc) is 2.98. The van der Waals surface area contributed by atoms with Crippen LogP contribution in [0.4, 0.5) is 11.4 Å². The first-order valence-electron chi connectivity index (χ1n) is 7.10. The molecule has 0 spiro atoms. The number of rotatable bonds is 4. The maximum absolute atomic E-state index is 12.0. The predicted octanol–water partition coefficient (Wildman–Crippen LogP) is 1.87. The molecule has 1 heterocycles. The fourth-order valence-corrected chi connectivity index (χ4v) is 2.02. The van der Waals surface area contributed by atoms with Gasteiger partial charge in [0.2, 0.25) is 11.7 Å². The lowest BCUT2D eigenvalue weighted by molar-refractivity contribution is -0.117. The number of nitrogens with one attached hydrogen (secondary N) is 1. The Hall–Kier alpha value is -3.22. The summed E-state index contributed by atoms with van der Waals surface area (Å²) in [6, 6.07) is 14.7. The predicted molar refractivity (Wildman–Crippen MR) is 87.5 cm³/mol. The van der Waals surface area contributed by atoms with Crippen molar-refractivity contribution in [2.45, 2.75) is 13.5 Å². The van der Waals surface area contributed by atoms with Crippen molar-refractivity contribution in [2.24, 2.45) is 0 Å². The van der Waals surface area contributed by atoms with Crippen LogP contribution < -0.4 is 11.1 Å². The van der Waals surface area contributed by atoms with Crippen molar-refractivity contribution >= 4 is 17.3 Å². The van der Waals surface area contributed by atoms with Crippen molar-refractivity contribution in [1.29, 1.82) is 0 Å². The third kappa shape index (κ3) is 3.70. The lowest BCUT2D eigenvalue weighted by atomic mass is 10.2. The van der Waals surface area contributed by atoms with E-state index in [1.165, 1.54) is 4.80 Å². The zero-order valence-corrected chi connectivity index (χ0v) is 12.6. The number of hydrogen-bond donors (Lipinski definition) is 2. The minimum atomic E-state index is -0.213. The van der Waals surface area contributed by atoms with Gasteiger partial charge in [-0.3, -0.25) is 4.79 Å². The normalized spacial score (nSPS) is 10.5. The fraction of sp³-hybridized carbons (Fsp3) is 0.125. The Morgan fingerprint density at radius 3 is 2.52 bits per heavy atom. The van der Waals surface area contributed by atoms with Crippen molar-refractivity contribution in [3.8, 4) is 11.4 Å². The van der Waals surface area contributed by atoms with E-state index in [-0.39, 0.29) is 12.5 Å². The van der Waals surface area contributed by atoms with Gasteiger partial charge in [0, 0.05) is 16.9 Å². The van der Waals surface area contributed by atoms with Gasteiger partial charge < -0.3 is 11.1 Å². The number of nitrogens with two attached hydrogens (primary N) is 1. The van der Waals surface area contributed by atoms with E-state index < -0.39 is 0 Å². The molecule has 1 aromatic heterocycles. The third-order valence-electron chi connectivity index (χ3n) is 3.24. The molecule has 7 heteroatoms. The van der Waals surface area contributed by atoms with Crippen LogP contribution in [-0.4, -0.2) is 26.1 Å². The molecule has 2 aromatic carbocycles. The van der Waals surface area contributed by atoms with Gasteiger partial charge in [0.25, 0.3) is 0 Å². The first-order valence-corrected chi connectivity index (χ1v) is 7.10. The molecule has 1 amide bonds. The summed E-state index contributed by atoms with van der Waals surface area (Å²) in [5, 5.41) is 14.8. The Bertz CT molecular complexity index is 807. The van der Waals surface area contributed by atoms with Crippen LogP contribution in [-0.2, 0) is 11.3 Å². The molecule has 23 heavy (non-hydrogen) atoms. The van der Waals surface area contributed by atoms with Crippen LogP contribution in [0, 0.1) is 6.92 Å². The fourth-order valence-electron chi connectivity index (χ4n) is 2.02. The summed E-state index contributed by atoms with van der Waals surface area (Å²) >= 11 is 0. The van der Waals surface area contributed by atoms with Gasteiger partial charge in [0.15, 0.2) is 0 Å². The van der Waals surface area contributed by atoms with E-state index in [1.54, 1.807) is 12.1 Å². The number of aromatic nitrogens is 4. The van der Waals surface area contributed by atoms with Crippen molar-refractivity contribution in [2.75, 3.05) is 11.1 Å². The minimum absolute atomic E-state index is 0.00412. The monoisotopic (exact) mass is 308 g/mol. The Morgan fingerprint density at radius 2 is 1.83 bits per heavy atom. The number of carbonyl (C=O) groups excluding carboxylic acids is 1. The molecule has 7 nitrogen and oxygen atoms in total. The number of nitrogens with zero attached hydrogens (tertiary/aromatic N) is 4. The highest BCUT2D eigenvalue weighted by Crippen LogP contribution is 2.15. The lowest BCUT2D eigenvalue weighted by Gasteiger charge is -2.04. The van der Waals surface area contributed by atoms with Gasteiger partial charge in [-0.15, -0.1) is 10.2 Å². The molecular formula is C16H16N6O. The van der Waals surface area contributed by atoms with Crippen LogP contribution in [0.5, 0.6) is 0 Å². The maximum Gasteiger partial charge on any atom is 0.248 e. The molecule has 0 unspecified atom stereocenters. The molecule has 0 aliphatic rings. The highest BCUT2D eigenvalue weighted by Gasteiger charge is 2.09. The van der Waals surface area contributed by atoms with Gasteiger partial charge in [-0.2, -0.15) is 4.80 Å². The van der Waals surface area contributed by atoms with Crippen LogP contribution in [0.2, 0.25) is 0 Å². The third-order valence-corrected chi connectivity index (χ3v) is 3.24. The lowest BCUT2D eigenvalue weighted by Crippen LogP contribution is -2.20. The van der Waals surface area contributed by atoms with Gasteiger partial charge in [0.1, 0.15) is 6.54 Å². The summed E-state index contributed by atoms with van der Waals surface area (Å²) in [6.45, 7) is 1.99. The number of aryl methyl sites for hydroxylation is 1. The standard InChI is InChI=1S/C16H16N6O/c1-11-2-8-14(9-3-11)18-15(23)10-22-20-16(19-21-22)12-4-6-13(17)7-5-12/h2-9H,10,17H2,1H3,(H,18,23). The molecule has 3 rings (SSSR count). The Morgan fingerprint density at radius 1 is 1.13 bits per heavy atom. The molecule has 0 aliphatic heterocycles. The molecular weight excluding hydrogens is 292 g/mol. The minimum Gasteiger partial charge on any atom is -0.399 e. The largest absolute Gasteiger partial charge is 0.399 e. The first-order chi connectivity index (χ1) is 11.1. The summed E-state index contributed by atoms with van der Waals surface area (Å²) in [7, 11) is 0. The Labute approximate surface area is 133 Å². The SMILES string of the molecule is Cc1ccc(NC(=O)Cn2nnc(-c3ccc(N)cc3)n2)cc1. The molecule has 3 aromatic rings. The second kappa shape index (κ2) is 6.27. The number of hydrogen-bond acceptors (Lipinski definition) is 5. The van der Waals surface area contributed by atoms with Gasteiger partial charge in [-0.25, -0.2) is 0 Å². The summed E-state index contributed by atoms with van der Waals surface area (Å²) in [4.78, 5) is 13.3. The van der Waals surface area contributed by atoms with Gasteiger partial charge in [-0.05, 0) is 48.5 Å². The quantitative estimate of drug-likeness (QED) is 0.717. The van der Waals surface area contributed by atoms with Crippen LogP contribution in [0.25, 0.3) is 11.4 Å². The van der Waals surface area contributed by atoms with Crippen LogP contribution in [0.1, 0.15) is 5.56 Å². The average molecular weight is 308 g/mol. The van der Waals surface area contributed by atoms with Crippen molar-refractivity contribution in [3.63, 3.8) is 0 Å². The summed E-state index contributed by atoms with van der Waals surface area (Å²) < 4.78 is 0. The van der Waals surface area contributed by atoms with E-state index in [0.717, 1.165) is 16.8 Å². The van der Waals surface area contributed by atoms with E-state index >= 15 is 0 Å². The zero-order chi connectivity index (χ0) is 16.2. The Balaban J connectivity index is 1.65. The van der Waals surface area contributed by atoms with E-state index in [2.05, 4.69) is 20.7 Å². The van der Waals surface area contributed by atoms with Crippen molar-refractivity contribution in [3.05, 3.63) is 54.1 Å². The van der Waals surface area contributed by atoms with E-state index in [1.807, 2.05) is 43.3 Å². The van der Waals surface area contributed by atoms with Gasteiger partial charge >= 0.3 is 0 Å². The van der Waals surface area contributed by atoms with Gasteiger partial charge in [-0.1, -0.05) is 17.7 Å². The number of amides is 1. The first kappa shape index (κ1) is 14.7. The highest BCUT2D eigenvalue weighted by atomic mass is 16.2. The van der Waals surface area contributed by atoms with Crippen molar-refractivity contribution < 1.29 is 4.79 Å². The van der Waals surface area contributed by atoms with E-state index in [0.29, 0.717) is 11.5 Å². The molecule has 0 fully saturated rings. The second-order valence-electron chi connectivity index (χ2n) is 5.18. The smallest absolute Gasteiger partial charge is 0.248 e. The van der Waals surface area contributed by atoms with Crippen molar-refractivity contribution in [1.82, 2.24) is 20.2 Å². The number of carbonyl (C=O) groups is 1. The van der Waals surface area contributed by atoms with E-state index in [9.17, 15) is 4.79 Å². The molecule has 0 atom stereocenters. The highest BCUT2D eigenvalue weighted by molar-refractivity contribution is 5.90. The van der Waals surface area contributed by atoms with Gasteiger partial charge in [0.05, 0.1) is 0 Å². The molecule has 0 aliphatic carbocycles. The second-order valence-corrected chi connectivity index (χ2v) is 5.18. The number of benzene rings is 2.